The second-order valence-electron chi connectivity index (χ2n) is 2.36. The summed E-state index contributed by atoms with van der Waals surface area (Å²) in [5.74, 6) is -0.418. The smallest absolute Gasteiger partial charge is 0.314 e. The third-order valence-corrected chi connectivity index (χ3v) is 1.48. The van der Waals surface area contributed by atoms with Crippen LogP contribution in [0.2, 0.25) is 0 Å². The van der Waals surface area contributed by atoms with Gasteiger partial charge in [-0.25, -0.2) is 9.18 Å². The minimum Gasteiger partial charge on any atom is -0.341 e. The number of hydrogen-bond donors (Lipinski definition) is 2. The summed E-state index contributed by atoms with van der Waals surface area (Å²) in [5, 5.41) is 4.79. The molecule has 2 amide bonds. The first-order valence-corrected chi connectivity index (χ1v) is 3.79. The summed E-state index contributed by atoms with van der Waals surface area (Å²) < 4.78 is 12.9. The van der Waals surface area contributed by atoms with Crippen molar-refractivity contribution in [2.45, 2.75) is 6.54 Å². The molecule has 0 aliphatic carbocycles. The Kier molecular flexibility index (Phi) is 3.19. The molecule has 0 aliphatic rings. The fourth-order valence-corrected chi connectivity index (χ4v) is 0.801. The summed E-state index contributed by atoms with van der Waals surface area (Å²) in [6.07, 6.45) is 1.48. The van der Waals surface area contributed by atoms with E-state index in [1.807, 2.05) is 0 Å². The maximum atomic E-state index is 12.9. The molecular formula is C8H10FN3O. The number of nitrogens with zero attached hydrogens (tertiary/aromatic N) is 1. The molecule has 4 nitrogen and oxygen atoms in total. The minimum absolute atomic E-state index is 0.0896. The van der Waals surface area contributed by atoms with E-state index in [1.165, 1.54) is 25.4 Å². The van der Waals surface area contributed by atoms with Gasteiger partial charge in [0.1, 0.15) is 5.82 Å². The maximum absolute atomic E-state index is 12.9. The average Bonchev–Trinajstić information content (AvgIpc) is 2.16. The van der Waals surface area contributed by atoms with Crippen molar-refractivity contribution < 1.29 is 9.18 Å². The summed E-state index contributed by atoms with van der Waals surface area (Å²) >= 11 is 0. The summed E-state index contributed by atoms with van der Waals surface area (Å²) in [4.78, 5) is 14.5. The number of aromatic nitrogens is 1. The zero-order chi connectivity index (χ0) is 9.68. The highest BCUT2D eigenvalue weighted by Crippen LogP contribution is 2.00. The van der Waals surface area contributed by atoms with Crippen molar-refractivity contribution >= 4 is 6.03 Å². The first-order chi connectivity index (χ1) is 6.24. The zero-order valence-corrected chi connectivity index (χ0v) is 7.17. The first-order valence-electron chi connectivity index (χ1n) is 3.79. The van der Waals surface area contributed by atoms with Crippen LogP contribution in [0.25, 0.3) is 0 Å². The number of rotatable bonds is 2. The molecule has 1 aromatic rings. The molecule has 0 atom stereocenters. The molecular weight excluding hydrogens is 173 g/mol. The zero-order valence-electron chi connectivity index (χ0n) is 7.17. The number of hydrogen-bond acceptors (Lipinski definition) is 2. The predicted molar refractivity (Wildman–Crippen MR) is 45.5 cm³/mol. The van der Waals surface area contributed by atoms with Crippen LogP contribution >= 0.6 is 0 Å². The number of urea groups is 1. The van der Waals surface area contributed by atoms with Gasteiger partial charge in [-0.1, -0.05) is 0 Å². The molecule has 1 heterocycles. The monoisotopic (exact) mass is 183 g/mol. The molecule has 0 unspecified atom stereocenters. The van der Waals surface area contributed by atoms with Crippen LogP contribution in [-0.2, 0) is 6.54 Å². The third kappa shape index (κ3) is 2.70. The van der Waals surface area contributed by atoms with Crippen molar-refractivity contribution in [3.63, 3.8) is 0 Å². The second kappa shape index (κ2) is 4.39. The van der Waals surface area contributed by atoms with Crippen molar-refractivity contribution in [1.29, 1.82) is 0 Å². The largest absolute Gasteiger partial charge is 0.341 e. The molecule has 5 heteroatoms. The normalized spacial score (nSPS) is 9.38. The molecule has 0 radical (unpaired) electrons. The number of nitrogens with one attached hydrogen (secondary N) is 2. The van der Waals surface area contributed by atoms with Crippen molar-refractivity contribution in [2.24, 2.45) is 0 Å². The molecule has 70 valence electrons. The van der Waals surface area contributed by atoms with E-state index in [9.17, 15) is 9.18 Å². The first kappa shape index (κ1) is 9.44. The number of halogens is 1. The Bertz CT molecular complexity index is 303. The van der Waals surface area contributed by atoms with Gasteiger partial charge < -0.3 is 10.6 Å². The Morgan fingerprint density at radius 2 is 2.46 bits per heavy atom. The van der Waals surface area contributed by atoms with Crippen LogP contribution in [0.3, 0.4) is 0 Å². The minimum atomic E-state index is -0.418. The van der Waals surface area contributed by atoms with Crippen LogP contribution in [0, 0.1) is 5.82 Å². The van der Waals surface area contributed by atoms with Crippen molar-refractivity contribution in [3.8, 4) is 0 Å². The fourth-order valence-electron chi connectivity index (χ4n) is 0.801. The molecule has 0 bridgehead atoms. The molecule has 0 saturated carbocycles. The number of pyridine rings is 1. The lowest BCUT2D eigenvalue weighted by atomic mass is 10.3. The van der Waals surface area contributed by atoms with Crippen LogP contribution < -0.4 is 10.6 Å². The van der Waals surface area contributed by atoms with Gasteiger partial charge in [-0.05, 0) is 12.1 Å². The van der Waals surface area contributed by atoms with E-state index in [-0.39, 0.29) is 18.3 Å². The van der Waals surface area contributed by atoms with Crippen molar-refractivity contribution in [3.05, 3.63) is 29.8 Å². The third-order valence-electron chi connectivity index (χ3n) is 1.48. The Labute approximate surface area is 75.2 Å². The average molecular weight is 183 g/mol. The quantitative estimate of drug-likeness (QED) is 0.707. The van der Waals surface area contributed by atoms with E-state index in [4.69, 9.17) is 0 Å². The van der Waals surface area contributed by atoms with E-state index in [1.54, 1.807) is 0 Å². The Morgan fingerprint density at radius 3 is 3.08 bits per heavy atom. The number of carbonyl (C=O) groups is 1. The van der Waals surface area contributed by atoms with E-state index in [0.29, 0.717) is 0 Å². The lowest BCUT2D eigenvalue weighted by Gasteiger charge is -2.03. The van der Waals surface area contributed by atoms with Crippen LogP contribution in [-0.4, -0.2) is 18.1 Å². The summed E-state index contributed by atoms with van der Waals surface area (Å²) in [6.45, 7) is 0.0896. The number of carbonyl (C=O) groups excluding carboxylic acids is 1. The molecule has 1 rings (SSSR count). The summed E-state index contributed by atoms with van der Waals surface area (Å²) in [5.41, 5.74) is 0.228. The molecule has 0 aromatic carbocycles. The molecule has 0 aliphatic heterocycles. The van der Waals surface area contributed by atoms with Gasteiger partial charge in [-0.3, -0.25) is 4.98 Å². The van der Waals surface area contributed by atoms with Gasteiger partial charge in [0.25, 0.3) is 0 Å². The Morgan fingerprint density at radius 1 is 1.69 bits per heavy atom. The summed E-state index contributed by atoms with van der Waals surface area (Å²) in [7, 11) is 1.49. The Hall–Kier alpha value is -1.65. The standard InChI is InChI=1S/C8H10FN3O/c1-10-8(13)12-5-7-6(9)3-2-4-11-7/h2-4H,5H2,1H3,(H2,10,12,13). The van der Waals surface area contributed by atoms with Gasteiger partial charge in [0.15, 0.2) is 0 Å². The van der Waals surface area contributed by atoms with Crippen molar-refractivity contribution in [1.82, 2.24) is 15.6 Å². The van der Waals surface area contributed by atoms with Gasteiger partial charge in [-0.15, -0.1) is 0 Å². The number of amides is 2. The topological polar surface area (TPSA) is 54.0 Å². The Balaban J connectivity index is 2.54. The second-order valence-corrected chi connectivity index (χ2v) is 2.36. The lowest BCUT2D eigenvalue weighted by molar-refractivity contribution is 0.242. The lowest BCUT2D eigenvalue weighted by Crippen LogP contribution is -2.32. The van der Waals surface area contributed by atoms with E-state index < -0.39 is 5.82 Å². The van der Waals surface area contributed by atoms with E-state index in [2.05, 4.69) is 15.6 Å². The highest BCUT2D eigenvalue weighted by atomic mass is 19.1. The van der Waals surface area contributed by atoms with Gasteiger partial charge in [0.2, 0.25) is 0 Å². The van der Waals surface area contributed by atoms with Gasteiger partial charge in [-0.2, -0.15) is 0 Å². The van der Waals surface area contributed by atoms with E-state index >= 15 is 0 Å². The molecule has 0 fully saturated rings. The molecule has 1 aromatic heterocycles. The van der Waals surface area contributed by atoms with Crippen LogP contribution in [0.15, 0.2) is 18.3 Å². The van der Waals surface area contributed by atoms with E-state index in [0.717, 1.165) is 0 Å². The molecule has 2 N–H and O–H groups in total. The van der Waals surface area contributed by atoms with Crippen LogP contribution in [0.4, 0.5) is 9.18 Å². The highest BCUT2D eigenvalue weighted by Gasteiger charge is 2.02. The van der Waals surface area contributed by atoms with Gasteiger partial charge >= 0.3 is 6.03 Å². The van der Waals surface area contributed by atoms with Gasteiger partial charge in [0, 0.05) is 13.2 Å². The SMILES string of the molecule is CNC(=O)NCc1ncccc1F. The van der Waals surface area contributed by atoms with Crippen molar-refractivity contribution in [2.75, 3.05) is 7.05 Å². The highest BCUT2D eigenvalue weighted by molar-refractivity contribution is 5.73. The molecule has 13 heavy (non-hydrogen) atoms. The molecule has 0 saturated heterocycles. The van der Waals surface area contributed by atoms with Gasteiger partial charge in [0.05, 0.1) is 12.2 Å². The van der Waals surface area contributed by atoms with Crippen LogP contribution in [0.5, 0.6) is 0 Å². The predicted octanol–water partition coefficient (Wildman–Crippen LogP) is 0.650. The summed E-state index contributed by atoms with van der Waals surface area (Å²) in [6, 6.07) is 2.44. The van der Waals surface area contributed by atoms with Crippen LogP contribution in [0.1, 0.15) is 5.69 Å². The molecule has 0 spiro atoms. The maximum Gasteiger partial charge on any atom is 0.314 e. The fraction of sp³-hybridized carbons (Fsp3) is 0.250.